The van der Waals surface area contributed by atoms with Crippen molar-refractivity contribution in [3.63, 3.8) is 0 Å². The Hall–Kier alpha value is -0.896. The third-order valence-corrected chi connectivity index (χ3v) is 21.5. The van der Waals surface area contributed by atoms with Crippen molar-refractivity contribution >= 4 is 16.4 Å². The first-order valence-electron chi connectivity index (χ1n) is 12.7. The number of unbranched alkanes of at least 4 members (excludes halogenated alkanes) is 6. The lowest BCUT2D eigenvalue weighted by molar-refractivity contribution is 0.342. The van der Waals surface area contributed by atoms with Crippen LogP contribution in [0.25, 0.3) is 0 Å². The molecular formula is C25H43F5OSi2. The summed E-state index contributed by atoms with van der Waals surface area (Å²) in [5.74, 6) is -10.8. The maximum Gasteiger partial charge on any atom is 0.251 e. The summed E-state index contributed by atoms with van der Waals surface area (Å²) in [5, 5.41) is 0. The monoisotopic (exact) mass is 510 g/mol. The summed E-state index contributed by atoms with van der Waals surface area (Å²) in [4.78, 5) is 0. The average molecular weight is 511 g/mol. The topological polar surface area (TPSA) is 9.23 Å². The second kappa shape index (κ2) is 13.9. The van der Waals surface area contributed by atoms with E-state index < -0.39 is 51.2 Å². The summed E-state index contributed by atoms with van der Waals surface area (Å²) in [6.07, 6.45) is 7.67. The molecule has 1 aromatic rings. The van der Waals surface area contributed by atoms with Gasteiger partial charge in [0.05, 0.1) is 8.07 Å². The molecule has 0 saturated carbocycles. The number of halogens is 5. The summed E-state index contributed by atoms with van der Waals surface area (Å²) in [6.45, 7) is 12.6. The Bertz CT molecular complexity index is 703. The maximum atomic E-state index is 14.6. The van der Waals surface area contributed by atoms with E-state index in [4.69, 9.17) is 4.43 Å². The van der Waals surface area contributed by atoms with Gasteiger partial charge in [-0.15, -0.1) is 0 Å². The van der Waals surface area contributed by atoms with Gasteiger partial charge in [-0.1, -0.05) is 105 Å². The van der Waals surface area contributed by atoms with Gasteiger partial charge in [-0.3, -0.25) is 0 Å². The predicted molar refractivity (Wildman–Crippen MR) is 133 cm³/mol. The van der Waals surface area contributed by atoms with E-state index in [-0.39, 0.29) is 5.54 Å². The summed E-state index contributed by atoms with van der Waals surface area (Å²) in [5.41, 5.74) is 0.764. The molecule has 0 radical (unpaired) electrons. The molecule has 33 heavy (non-hydrogen) atoms. The molecule has 1 aromatic carbocycles. The smallest absolute Gasteiger partial charge is 0.251 e. The van der Waals surface area contributed by atoms with Crippen molar-refractivity contribution in [3.8, 4) is 5.75 Å². The van der Waals surface area contributed by atoms with E-state index in [1.807, 2.05) is 13.8 Å². The number of hydrogen-bond donors (Lipinski definition) is 0. The molecule has 1 rings (SSSR count). The van der Waals surface area contributed by atoms with Crippen LogP contribution in [0.1, 0.15) is 86.5 Å². The van der Waals surface area contributed by atoms with Crippen molar-refractivity contribution in [2.75, 3.05) is 0 Å². The molecule has 1 unspecified atom stereocenters. The van der Waals surface area contributed by atoms with Crippen molar-refractivity contribution in [2.45, 2.75) is 122 Å². The SMILES string of the molecule is CCCCCCCCC[Si](C[Si](CC)(CC)CC)(Oc1c(F)c(F)c(F)c(F)c1F)C(C)C. The van der Waals surface area contributed by atoms with Crippen LogP contribution >= 0.6 is 0 Å². The minimum absolute atomic E-state index is 0.0101. The van der Waals surface area contributed by atoms with Gasteiger partial charge in [-0.2, -0.15) is 8.78 Å². The molecule has 1 nitrogen and oxygen atoms in total. The molecule has 1 atom stereocenters. The van der Waals surface area contributed by atoms with Crippen LogP contribution in [-0.4, -0.2) is 16.4 Å². The molecule has 192 valence electrons. The van der Waals surface area contributed by atoms with Crippen LogP contribution in [0.3, 0.4) is 0 Å². The Morgan fingerprint density at radius 3 is 1.48 bits per heavy atom. The van der Waals surface area contributed by atoms with Gasteiger partial charge in [-0.25, -0.2) is 13.2 Å². The lowest BCUT2D eigenvalue weighted by Gasteiger charge is -2.42. The standard InChI is InChI=1S/C25H43F5OSi2/c1-7-11-12-13-14-15-16-17-33(19(5)6,18-32(8-2,9-3)10-4)31-25-23(29)21(27)20(26)22(28)24(25)30/h19H,7-18H2,1-6H3. The molecule has 0 heterocycles. The highest BCUT2D eigenvalue weighted by molar-refractivity contribution is 6.95. The minimum atomic E-state index is -2.89. The van der Waals surface area contributed by atoms with Gasteiger partial charge in [-0.05, 0) is 17.3 Å². The Morgan fingerprint density at radius 2 is 1.06 bits per heavy atom. The highest BCUT2D eigenvalue weighted by Gasteiger charge is 2.48. The summed E-state index contributed by atoms with van der Waals surface area (Å²) >= 11 is 0. The third-order valence-electron chi connectivity index (χ3n) is 7.65. The lowest BCUT2D eigenvalue weighted by Crippen LogP contribution is -2.53. The Morgan fingerprint density at radius 1 is 0.636 bits per heavy atom. The van der Waals surface area contributed by atoms with Crippen LogP contribution < -0.4 is 4.43 Å². The number of benzene rings is 1. The lowest BCUT2D eigenvalue weighted by atomic mass is 10.1. The zero-order valence-electron chi connectivity index (χ0n) is 21.4. The van der Waals surface area contributed by atoms with Gasteiger partial charge in [0.1, 0.15) is 0 Å². The van der Waals surface area contributed by atoms with Gasteiger partial charge in [0.2, 0.25) is 29.1 Å². The van der Waals surface area contributed by atoms with Crippen LogP contribution in [0.4, 0.5) is 22.0 Å². The van der Waals surface area contributed by atoms with Gasteiger partial charge in [0.25, 0.3) is 8.32 Å². The van der Waals surface area contributed by atoms with E-state index in [9.17, 15) is 22.0 Å². The van der Waals surface area contributed by atoms with E-state index in [0.29, 0.717) is 6.04 Å². The summed E-state index contributed by atoms with van der Waals surface area (Å²) in [6, 6.07) is 3.71. The normalized spacial score (nSPS) is 14.1. The Balaban J connectivity index is 3.33. The van der Waals surface area contributed by atoms with E-state index >= 15 is 0 Å². The first kappa shape index (κ1) is 30.1. The van der Waals surface area contributed by atoms with Crippen molar-refractivity contribution in [3.05, 3.63) is 29.1 Å². The largest absolute Gasteiger partial charge is 0.539 e. The van der Waals surface area contributed by atoms with Crippen LogP contribution in [0.15, 0.2) is 0 Å². The fourth-order valence-corrected chi connectivity index (χ4v) is 19.4. The quantitative estimate of drug-likeness (QED) is 0.0707. The molecule has 0 aliphatic rings. The van der Waals surface area contributed by atoms with E-state index in [1.54, 1.807) is 0 Å². The predicted octanol–water partition coefficient (Wildman–Crippen LogP) is 9.91. The average Bonchev–Trinajstić information content (AvgIpc) is 2.81. The fourth-order valence-electron chi connectivity index (χ4n) is 4.80. The maximum absolute atomic E-state index is 14.6. The molecule has 0 spiro atoms. The molecule has 0 fully saturated rings. The van der Waals surface area contributed by atoms with Crippen LogP contribution in [-0.2, 0) is 0 Å². The molecule has 0 bridgehead atoms. The minimum Gasteiger partial charge on any atom is -0.539 e. The molecule has 0 aliphatic carbocycles. The van der Waals surface area contributed by atoms with Gasteiger partial charge < -0.3 is 4.43 Å². The van der Waals surface area contributed by atoms with Crippen molar-refractivity contribution in [1.82, 2.24) is 0 Å². The molecule has 0 saturated heterocycles. The Kier molecular flexibility index (Phi) is 12.7. The van der Waals surface area contributed by atoms with E-state index in [2.05, 4.69) is 27.7 Å². The highest BCUT2D eigenvalue weighted by atomic mass is 28.4. The molecular weight excluding hydrogens is 467 g/mol. The molecule has 0 amide bonds. The van der Waals surface area contributed by atoms with Crippen molar-refractivity contribution in [1.29, 1.82) is 0 Å². The zero-order valence-corrected chi connectivity index (χ0v) is 23.4. The first-order chi connectivity index (χ1) is 15.5. The number of rotatable bonds is 16. The third kappa shape index (κ3) is 7.54. The van der Waals surface area contributed by atoms with Crippen LogP contribution in [0, 0.1) is 29.1 Å². The van der Waals surface area contributed by atoms with E-state index in [0.717, 1.165) is 49.5 Å². The summed E-state index contributed by atoms with van der Waals surface area (Å²) in [7, 11) is -4.69. The second-order valence-electron chi connectivity index (χ2n) is 9.83. The molecule has 8 heteroatoms. The van der Waals surface area contributed by atoms with Gasteiger partial charge in [0.15, 0.2) is 5.75 Å². The van der Waals surface area contributed by atoms with Crippen molar-refractivity contribution in [2.24, 2.45) is 0 Å². The van der Waals surface area contributed by atoms with E-state index in [1.165, 1.54) is 19.3 Å². The van der Waals surface area contributed by atoms with Gasteiger partial charge >= 0.3 is 0 Å². The number of hydrogen-bond acceptors (Lipinski definition) is 1. The fraction of sp³-hybridized carbons (Fsp3) is 0.760. The highest BCUT2D eigenvalue weighted by Crippen LogP contribution is 2.42. The van der Waals surface area contributed by atoms with Crippen LogP contribution in [0.2, 0.25) is 35.4 Å². The first-order valence-corrected chi connectivity index (χ1v) is 18.0. The second-order valence-corrected chi connectivity index (χ2v) is 20.4. The van der Waals surface area contributed by atoms with Crippen LogP contribution in [0.5, 0.6) is 5.75 Å². The molecule has 0 aliphatic heterocycles. The Labute approximate surface area is 199 Å². The van der Waals surface area contributed by atoms with Gasteiger partial charge in [0, 0.05) is 0 Å². The van der Waals surface area contributed by atoms with Crippen molar-refractivity contribution < 1.29 is 26.4 Å². The molecule has 0 aromatic heterocycles. The zero-order chi connectivity index (χ0) is 25.2. The molecule has 0 N–H and O–H groups in total. The summed E-state index contributed by atoms with van der Waals surface area (Å²) < 4.78 is 76.9.